The van der Waals surface area contributed by atoms with Crippen molar-refractivity contribution in [3.8, 4) is 11.3 Å². The van der Waals surface area contributed by atoms with E-state index in [1.165, 1.54) is 32.2 Å². The Balaban J connectivity index is 0.000000301. The molecule has 0 aliphatic rings. The molecule has 3 heterocycles. The first kappa shape index (κ1) is 39.7. The summed E-state index contributed by atoms with van der Waals surface area (Å²) in [6.07, 6.45) is 6.58. The molecular formula is C41H50IrNO3S2-. The number of thioether (sulfide) groups is 1. The molecule has 0 amide bonds. The van der Waals surface area contributed by atoms with E-state index < -0.39 is 0 Å². The number of aliphatic hydroxyl groups is 1. The van der Waals surface area contributed by atoms with Gasteiger partial charge in [0, 0.05) is 64.1 Å². The van der Waals surface area contributed by atoms with Gasteiger partial charge >= 0.3 is 0 Å². The van der Waals surface area contributed by atoms with E-state index in [0.29, 0.717) is 0 Å². The molecule has 0 saturated carbocycles. The van der Waals surface area contributed by atoms with Crippen LogP contribution in [-0.4, -0.2) is 15.9 Å². The molecule has 0 bridgehead atoms. The van der Waals surface area contributed by atoms with E-state index in [1.54, 1.807) is 23.1 Å². The number of aromatic nitrogens is 1. The number of allylic oxidation sites excluding steroid dienone is 2. The zero-order valence-electron chi connectivity index (χ0n) is 30.1. The van der Waals surface area contributed by atoms with Gasteiger partial charge < -0.3 is 14.5 Å². The molecule has 4 nitrogen and oxygen atoms in total. The fourth-order valence-corrected chi connectivity index (χ4v) is 7.51. The third kappa shape index (κ3) is 7.86. The molecule has 0 unspecified atom stereocenters. The first-order chi connectivity index (χ1) is 22.2. The van der Waals surface area contributed by atoms with Crippen molar-refractivity contribution < 1.29 is 34.4 Å². The Kier molecular flexibility index (Phi) is 13.2. The van der Waals surface area contributed by atoms with Crippen molar-refractivity contribution >= 4 is 60.9 Å². The zero-order valence-corrected chi connectivity index (χ0v) is 34.1. The van der Waals surface area contributed by atoms with E-state index >= 15 is 0 Å². The molecule has 0 spiro atoms. The van der Waals surface area contributed by atoms with Gasteiger partial charge in [0.1, 0.15) is 16.9 Å². The quantitative estimate of drug-likeness (QED) is 0.0656. The molecule has 0 aliphatic carbocycles. The second-order valence-corrected chi connectivity index (χ2v) is 15.9. The number of pyridine rings is 1. The van der Waals surface area contributed by atoms with Gasteiger partial charge in [-0.1, -0.05) is 73.8 Å². The van der Waals surface area contributed by atoms with Crippen LogP contribution in [0.3, 0.4) is 0 Å². The fourth-order valence-electron chi connectivity index (χ4n) is 5.76. The first-order valence-electron chi connectivity index (χ1n) is 16.7. The Hall–Kier alpha value is -2.70. The minimum absolute atomic E-state index is 0. The van der Waals surface area contributed by atoms with Gasteiger partial charge in [0.25, 0.3) is 0 Å². The van der Waals surface area contributed by atoms with Gasteiger partial charge in [-0.05, 0) is 78.3 Å². The van der Waals surface area contributed by atoms with E-state index in [-0.39, 0.29) is 47.9 Å². The van der Waals surface area contributed by atoms with Crippen molar-refractivity contribution in [2.45, 2.75) is 105 Å². The van der Waals surface area contributed by atoms with Gasteiger partial charge in [0.05, 0.1) is 0 Å². The smallest absolute Gasteiger partial charge is 0.164 e. The van der Waals surface area contributed by atoms with E-state index in [9.17, 15) is 9.90 Å². The maximum absolute atomic E-state index is 12.2. The monoisotopic (exact) mass is 861 g/mol. The van der Waals surface area contributed by atoms with Crippen molar-refractivity contribution in [2.24, 2.45) is 10.8 Å². The minimum atomic E-state index is -0.337. The number of rotatable bonds is 10. The van der Waals surface area contributed by atoms with Crippen molar-refractivity contribution in [3.63, 3.8) is 0 Å². The number of benzene rings is 2. The van der Waals surface area contributed by atoms with Gasteiger partial charge in [-0.15, -0.1) is 40.7 Å². The minimum Gasteiger partial charge on any atom is -0.512 e. The van der Waals surface area contributed by atoms with Crippen LogP contribution in [0.5, 0.6) is 0 Å². The van der Waals surface area contributed by atoms with Crippen LogP contribution in [0.1, 0.15) is 99.1 Å². The van der Waals surface area contributed by atoms with Crippen molar-refractivity contribution in [3.05, 3.63) is 82.9 Å². The molecule has 1 radical (unpaired) electrons. The Morgan fingerprint density at radius 3 is 2.19 bits per heavy atom. The predicted molar refractivity (Wildman–Crippen MR) is 204 cm³/mol. The molecule has 0 aliphatic heterocycles. The first-order valence-corrected chi connectivity index (χ1v) is 18.4. The number of hydrogen-bond acceptors (Lipinski definition) is 6. The molecule has 3 aromatic heterocycles. The molecule has 0 saturated heterocycles. The maximum atomic E-state index is 12.2. The summed E-state index contributed by atoms with van der Waals surface area (Å²) in [6.45, 7) is 24.8. The molecule has 1 N–H and O–H groups in total. The third-order valence-corrected chi connectivity index (χ3v) is 11.9. The molecular weight excluding hydrogens is 811 g/mol. The van der Waals surface area contributed by atoms with E-state index in [0.717, 1.165) is 58.9 Å². The summed E-state index contributed by atoms with van der Waals surface area (Å²) in [5, 5.41) is 17.7. The van der Waals surface area contributed by atoms with Gasteiger partial charge in [-0.25, -0.2) is 0 Å². The Morgan fingerprint density at radius 1 is 0.979 bits per heavy atom. The Morgan fingerprint density at radius 2 is 1.60 bits per heavy atom. The average Bonchev–Trinajstić information content (AvgIpc) is 3.63. The predicted octanol–water partition coefficient (Wildman–Crippen LogP) is 13.2. The molecule has 7 heteroatoms. The van der Waals surface area contributed by atoms with Gasteiger partial charge in [-0.3, -0.25) is 4.79 Å². The topological polar surface area (TPSA) is 63.3 Å². The zero-order chi connectivity index (χ0) is 34.7. The molecule has 0 atom stereocenters. The maximum Gasteiger partial charge on any atom is 0.164 e. The van der Waals surface area contributed by atoms with Crippen LogP contribution in [0.4, 0.5) is 0 Å². The number of furan rings is 1. The number of thiophene rings is 1. The molecule has 5 aromatic rings. The van der Waals surface area contributed by atoms with Crippen LogP contribution in [-0.2, 0) is 30.3 Å². The number of aryl methyl sites for hydroxylation is 1. The van der Waals surface area contributed by atoms with Gasteiger partial charge in [0.2, 0.25) is 0 Å². The SMILES string of the molecule is C=CSc1c[c-]c(-c2nccc3oc4ccc5scc(C)c5c4c23)cc1C(C)(C)C.CCC(C)(CC)C(=O)/C=C(\O)C(C)(CC)CC.[Ir]. The fraction of sp³-hybridized carbons (Fsp3) is 0.415. The molecule has 0 fully saturated rings. The second-order valence-electron chi connectivity index (χ2n) is 14.0. The Bertz CT molecular complexity index is 1930. The average molecular weight is 861 g/mol. The van der Waals surface area contributed by atoms with Crippen molar-refractivity contribution in [1.29, 1.82) is 0 Å². The number of carbonyl (C=O) groups excluding carboxylic acids is 1. The van der Waals surface area contributed by atoms with Crippen LogP contribution in [0.15, 0.2) is 75.0 Å². The van der Waals surface area contributed by atoms with Crippen molar-refractivity contribution in [1.82, 2.24) is 4.98 Å². The van der Waals surface area contributed by atoms with E-state index in [2.05, 4.69) is 70.0 Å². The Labute approximate surface area is 308 Å². The van der Waals surface area contributed by atoms with Crippen LogP contribution in [0.2, 0.25) is 0 Å². The van der Waals surface area contributed by atoms with Crippen LogP contribution in [0, 0.1) is 23.8 Å². The normalized spacial score (nSPS) is 12.6. The summed E-state index contributed by atoms with van der Waals surface area (Å²) >= 11 is 3.41. The summed E-state index contributed by atoms with van der Waals surface area (Å²) in [7, 11) is 0. The largest absolute Gasteiger partial charge is 0.512 e. The summed E-state index contributed by atoms with van der Waals surface area (Å²) < 4.78 is 7.51. The molecule has 48 heavy (non-hydrogen) atoms. The molecule has 5 rings (SSSR count). The van der Waals surface area contributed by atoms with Crippen LogP contribution in [0.25, 0.3) is 43.3 Å². The molecule has 2 aromatic carbocycles. The third-order valence-electron chi connectivity index (χ3n) is 10.1. The van der Waals surface area contributed by atoms with Crippen LogP contribution < -0.4 is 0 Å². The number of carbonyl (C=O) groups is 1. The van der Waals surface area contributed by atoms with E-state index in [1.807, 2.05) is 59.2 Å². The summed E-state index contributed by atoms with van der Waals surface area (Å²) in [5.74, 6) is 0.286. The van der Waals surface area contributed by atoms with Crippen LogP contribution >= 0.6 is 23.1 Å². The standard InChI is InChI=1S/C26H22NOS2.C15H28O2.Ir/c1-6-29-20-9-7-16(13-17(20)26(3,4)5)25-24-19(11-12-27-25)28-18-8-10-21-22(23(18)24)15(2)14-30-21;1-7-14(5,8-2)12(16)11-13(17)15(6,9-3)10-4;/h6,8-14H,1H2,2-5H3;11,16H,7-10H2,1-6H3;/q-1;;/b;12-11-;. The van der Waals surface area contributed by atoms with Gasteiger partial charge in [0.15, 0.2) is 5.78 Å². The van der Waals surface area contributed by atoms with Gasteiger partial charge in [-0.2, -0.15) is 11.8 Å². The number of fused-ring (bicyclic) bond motifs is 5. The number of aliphatic hydroxyl groups excluding tert-OH is 1. The summed E-state index contributed by atoms with van der Waals surface area (Å²) in [6, 6.07) is 14.0. The number of ketones is 1. The number of hydrogen-bond donors (Lipinski definition) is 1. The second kappa shape index (κ2) is 15.9. The number of nitrogens with zero attached hydrogens (tertiary/aromatic N) is 1. The molecule has 259 valence electrons. The van der Waals surface area contributed by atoms with Crippen molar-refractivity contribution in [2.75, 3.05) is 0 Å². The van der Waals surface area contributed by atoms with E-state index in [4.69, 9.17) is 9.40 Å². The summed E-state index contributed by atoms with van der Waals surface area (Å²) in [4.78, 5) is 18.2. The summed E-state index contributed by atoms with van der Waals surface area (Å²) in [5.41, 5.74) is 5.62.